The summed E-state index contributed by atoms with van der Waals surface area (Å²) in [4.78, 5) is 33.4. The standard InChI is InChI=1S/C21H25N3O3/c1-21(2)19-15(14-7-3-4-8-16(14)22-19)10-17-20(26)23(12-18(25)24(17)21)11-13-6-5-9-27-13/h3-4,7-8,13,17,22H,5-6,9-12H2,1-2H3/t13-,17-/m0/s1. The number of aromatic nitrogens is 1. The van der Waals surface area contributed by atoms with E-state index in [2.05, 4.69) is 17.1 Å². The van der Waals surface area contributed by atoms with Gasteiger partial charge in [-0.25, -0.2) is 0 Å². The fourth-order valence-corrected chi connectivity index (χ4v) is 5.13. The molecule has 6 heteroatoms. The predicted octanol–water partition coefficient (Wildman–Crippen LogP) is 2.18. The van der Waals surface area contributed by atoms with E-state index in [-0.39, 0.29) is 24.5 Å². The van der Waals surface area contributed by atoms with E-state index in [4.69, 9.17) is 4.74 Å². The number of fused-ring (bicyclic) bond motifs is 4. The first-order valence-electron chi connectivity index (χ1n) is 9.79. The molecule has 0 aliphatic carbocycles. The highest BCUT2D eigenvalue weighted by molar-refractivity contribution is 5.97. The van der Waals surface area contributed by atoms with Gasteiger partial charge in [0.05, 0.1) is 18.2 Å². The Labute approximate surface area is 158 Å². The van der Waals surface area contributed by atoms with Crippen LogP contribution in [0.25, 0.3) is 10.9 Å². The molecule has 6 nitrogen and oxygen atoms in total. The van der Waals surface area contributed by atoms with Crippen LogP contribution in [0.15, 0.2) is 24.3 Å². The maximum Gasteiger partial charge on any atom is 0.246 e. The van der Waals surface area contributed by atoms with Crippen LogP contribution in [-0.2, 0) is 26.3 Å². The lowest BCUT2D eigenvalue weighted by atomic mass is 9.82. The van der Waals surface area contributed by atoms with Gasteiger partial charge < -0.3 is 19.5 Å². The van der Waals surface area contributed by atoms with Crippen LogP contribution >= 0.6 is 0 Å². The van der Waals surface area contributed by atoms with Crippen LogP contribution in [-0.4, -0.2) is 58.4 Å². The molecule has 0 saturated carbocycles. The number of rotatable bonds is 2. The zero-order valence-corrected chi connectivity index (χ0v) is 15.8. The minimum Gasteiger partial charge on any atom is -0.376 e. The van der Waals surface area contributed by atoms with Gasteiger partial charge in [0.25, 0.3) is 0 Å². The van der Waals surface area contributed by atoms with E-state index in [1.54, 1.807) is 9.80 Å². The number of nitrogens with one attached hydrogen (secondary N) is 1. The van der Waals surface area contributed by atoms with Gasteiger partial charge in [0.15, 0.2) is 0 Å². The van der Waals surface area contributed by atoms with E-state index in [9.17, 15) is 9.59 Å². The SMILES string of the molecule is CC1(C)c2[nH]c3ccccc3c2C[C@H]2C(=O)N(C[C@@H]3CCCO3)CC(=O)N21. The van der Waals surface area contributed by atoms with Crippen LogP contribution in [0.2, 0.25) is 0 Å². The lowest BCUT2D eigenvalue weighted by Crippen LogP contribution is -2.67. The van der Waals surface area contributed by atoms with E-state index in [0.717, 1.165) is 41.6 Å². The number of amides is 2. The Kier molecular flexibility index (Phi) is 3.63. The second kappa shape index (κ2) is 5.83. The summed E-state index contributed by atoms with van der Waals surface area (Å²) in [6.45, 7) is 5.49. The van der Waals surface area contributed by atoms with E-state index < -0.39 is 11.6 Å². The molecule has 5 rings (SSSR count). The topological polar surface area (TPSA) is 65.6 Å². The molecule has 27 heavy (non-hydrogen) atoms. The first-order valence-corrected chi connectivity index (χ1v) is 9.79. The zero-order valence-electron chi connectivity index (χ0n) is 15.8. The van der Waals surface area contributed by atoms with Crippen LogP contribution in [0.5, 0.6) is 0 Å². The van der Waals surface area contributed by atoms with Gasteiger partial charge >= 0.3 is 0 Å². The van der Waals surface area contributed by atoms with Gasteiger partial charge in [-0.2, -0.15) is 0 Å². The molecule has 0 radical (unpaired) electrons. The van der Waals surface area contributed by atoms with Crippen molar-refractivity contribution in [2.75, 3.05) is 19.7 Å². The summed E-state index contributed by atoms with van der Waals surface area (Å²) in [5, 5.41) is 1.15. The lowest BCUT2D eigenvalue weighted by molar-refractivity contribution is -0.165. The number of carbonyl (C=O) groups is 2. The minimum absolute atomic E-state index is 0.0203. The van der Waals surface area contributed by atoms with Crippen LogP contribution in [0.4, 0.5) is 0 Å². The minimum atomic E-state index is -0.542. The molecule has 1 N–H and O–H groups in total. The van der Waals surface area contributed by atoms with Crippen molar-refractivity contribution in [1.29, 1.82) is 0 Å². The Balaban J connectivity index is 1.54. The lowest BCUT2D eigenvalue weighted by Gasteiger charge is -2.51. The summed E-state index contributed by atoms with van der Waals surface area (Å²) in [6.07, 6.45) is 2.62. The molecule has 2 saturated heterocycles. The molecule has 3 aliphatic heterocycles. The number of benzene rings is 1. The van der Waals surface area contributed by atoms with Crippen molar-refractivity contribution in [3.63, 3.8) is 0 Å². The van der Waals surface area contributed by atoms with Gasteiger partial charge in [0.2, 0.25) is 11.8 Å². The van der Waals surface area contributed by atoms with Crippen molar-refractivity contribution in [1.82, 2.24) is 14.8 Å². The Morgan fingerprint density at radius 3 is 2.85 bits per heavy atom. The van der Waals surface area contributed by atoms with E-state index in [0.29, 0.717) is 13.0 Å². The summed E-state index contributed by atoms with van der Waals surface area (Å²) in [5.74, 6) is 0.0704. The second-order valence-electron chi connectivity index (χ2n) is 8.42. The Bertz CT molecular complexity index is 926. The van der Waals surface area contributed by atoms with Crippen LogP contribution in [0.1, 0.15) is 37.9 Å². The van der Waals surface area contributed by atoms with Gasteiger partial charge in [0.1, 0.15) is 6.04 Å². The van der Waals surface area contributed by atoms with Crippen LogP contribution in [0, 0.1) is 0 Å². The van der Waals surface area contributed by atoms with Gasteiger partial charge in [0, 0.05) is 36.2 Å². The smallest absolute Gasteiger partial charge is 0.246 e. The zero-order chi connectivity index (χ0) is 18.8. The number of H-pyrrole nitrogens is 1. The highest BCUT2D eigenvalue weighted by Gasteiger charge is 2.51. The highest BCUT2D eigenvalue weighted by Crippen LogP contribution is 2.42. The summed E-state index contributed by atoms with van der Waals surface area (Å²) in [7, 11) is 0. The highest BCUT2D eigenvalue weighted by atomic mass is 16.5. The van der Waals surface area contributed by atoms with Crippen molar-refractivity contribution in [3.8, 4) is 0 Å². The molecule has 2 atom stereocenters. The molecule has 1 aromatic carbocycles. The first kappa shape index (κ1) is 16.8. The Morgan fingerprint density at radius 1 is 1.26 bits per heavy atom. The molecule has 0 unspecified atom stereocenters. The number of piperazine rings is 1. The summed E-state index contributed by atoms with van der Waals surface area (Å²) >= 11 is 0. The quantitative estimate of drug-likeness (QED) is 0.885. The Morgan fingerprint density at radius 2 is 2.07 bits per heavy atom. The third kappa shape index (κ3) is 2.42. The van der Waals surface area contributed by atoms with Gasteiger partial charge in [-0.05, 0) is 38.3 Å². The maximum atomic E-state index is 13.3. The summed E-state index contributed by atoms with van der Waals surface area (Å²) in [5.41, 5.74) is 2.73. The van der Waals surface area contributed by atoms with Gasteiger partial charge in [-0.3, -0.25) is 9.59 Å². The molecule has 3 aliphatic rings. The van der Waals surface area contributed by atoms with Gasteiger partial charge in [-0.15, -0.1) is 0 Å². The maximum absolute atomic E-state index is 13.3. The Hall–Kier alpha value is -2.34. The average Bonchev–Trinajstić information content (AvgIpc) is 3.27. The molecule has 0 bridgehead atoms. The fourth-order valence-electron chi connectivity index (χ4n) is 5.13. The van der Waals surface area contributed by atoms with Crippen molar-refractivity contribution in [2.24, 2.45) is 0 Å². The number of hydrogen-bond donors (Lipinski definition) is 1. The first-order chi connectivity index (χ1) is 13.0. The third-order valence-electron chi connectivity index (χ3n) is 6.38. The third-order valence-corrected chi connectivity index (χ3v) is 6.38. The number of para-hydroxylation sites is 1. The van der Waals surface area contributed by atoms with Crippen LogP contribution in [0.3, 0.4) is 0 Å². The number of aromatic amines is 1. The van der Waals surface area contributed by atoms with Crippen LogP contribution < -0.4 is 0 Å². The summed E-state index contributed by atoms with van der Waals surface area (Å²) < 4.78 is 5.69. The number of ether oxygens (including phenoxy) is 1. The number of hydrogen-bond acceptors (Lipinski definition) is 3. The normalized spacial score (nSPS) is 27.2. The predicted molar refractivity (Wildman–Crippen MR) is 101 cm³/mol. The molecule has 2 fully saturated rings. The average molecular weight is 367 g/mol. The van der Waals surface area contributed by atoms with E-state index in [1.807, 2.05) is 26.0 Å². The number of carbonyl (C=O) groups excluding carboxylic acids is 2. The molecule has 4 heterocycles. The summed E-state index contributed by atoms with van der Waals surface area (Å²) in [6, 6.07) is 7.73. The van der Waals surface area contributed by atoms with Crippen molar-refractivity contribution in [3.05, 3.63) is 35.5 Å². The molecule has 0 spiro atoms. The van der Waals surface area contributed by atoms with E-state index in [1.165, 1.54) is 0 Å². The molecule has 1 aromatic heterocycles. The van der Waals surface area contributed by atoms with Crippen molar-refractivity contribution < 1.29 is 14.3 Å². The fraction of sp³-hybridized carbons (Fsp3) is 0.524. The van der Waals surface area contributed by atoms with E-state index >= 15 is 0 Å². The van der Waals surface area contributed by atoms with Crippen molar-refractivity contribution >= 4 is 22.7 Å². The molecule has 2 amide bonds. The monoisotopic (exact) mass is 367 g/mol. The molecular formula is C21H25N3O3. The second-order valence-corrected chi connectivity index (χ2v) is 8.42. The molecule has 2 aromatic rings. The van der Waals surface area contributed by atoms with Gasteiger partial charge in [-0.1, -0.05) is 18.2 Å². The number of nitrogens with zero attached hydrogens (tertiary/aromatic N) is 2. The van der Waals surface area contributed by atoms with Crippen molar-refractivity contribution in [2.45, 2.75) is 50.8 Å². The molecule has 142 valence electrons. The molecular weight excluding hydrogens is 342 g/mol. The largest absolute Gasteiger partial charge is 0.376 e.